The van der Waals surface area contributed by atoms with Gasteiger partial charge in [0.05, 0.1) is 0 Å². The predicted molar refractivity (Wildman–Crippen MR) is 71.2 cm³/mol. The maximum absolute atomic E-state index is 5.71. The van der Waals surface area contributed by atoms with Crippen molar-refractivity contribution in [1.82, 2.24) is 0 Å². The van der Waals surface area contributed by atoms with E-state index in [1.165, 1.54) is 6.42 Å². The highest BCUT2D eigenvalue weighted by Gasteiger charge is 2.32. The molecule has 0 aromatic heterocycles. The van der Waals surface area contributed by atoms with Crippen LogP contribution in [0.4, 0.5) is 5.69 Å². The molecule has 1 fully saturated rings. The van der Waals surface area contributed by atoms with Gasteiger partial charge in [-0.15, -0.1) is 0 Å². The number of hydrogen-bond donors (Lipinski definition) is 2. The van der Waals surface area contributed by atoms with Crippen LogP contribution in [-0.2, 0) is 0 Å². The molecule has 0 amide bonds. The molecule has 1 saturated carbocycles. The molecule has 0 aliphatic heterocycles. The quantitative estimate of drug-likeness (QED) is 0.839. The van der Waals surface area contributed by atoms with Gasteiger partial charge in [-0.05, 0) is 40.4 Å². The molecule has 2 atom stereocenters. The number of halogens is 1. The van der Waals surface area contributed by atoms with E-state index in [1.807, 2.05) is 18.2 Å². The van der Waals surface area contributed by atoms with Crippen LogP contribution in [-0.4, -0.2) is 11.0 Å². The summed E-state index contributed by atoms with van der Waals surface area (Å²) in [6.45, 7) is 2.23. The first kappa shape index (κ1) is 10.9. The Morgan fingerprint density at radius 3 is 2.80 bits per heavy atom. The highest BCUT2D eigenvalue weighted by molar-refractivity contribution is 9.10. The molecule has 1 aromatic rings. The minimum atomic E-state index is 0.429. The van der Waals surface area contributed by atoms with Crippen molar-refractivity contribution in [1.29, 1.82) is 0 Å². The van der Waals surface area contributed by atoms with Gasteiger partial charge in [0.1, 0.15) is 4.99 Å². The first-order valence-electron chi connectivity index (χ1n) is 4.94. The third-order valence-corrected chi connectivity index (χ3v) is 3.58. The van der Waals surface area contributed by atoms with Gasteiger partial charge in [-0.3, -0.25) is 0 Å². The topological polar surface area (TPSA) is 38.0 Å². The predicted octanol–water partition coefficient (Wildman–Crippen LogP) is 2.90. The number of rotatable bonds is 3. The molecule has 80 valence electrons. The number of nitrogens with two attached hydrogens (primary N) is 1. The maximum atomic E-state index is 5.71. The van der Waals surface area contributed by atoms with Crippen molar-refractivity contribution in [2.45, 2.75) is 19.4 Å². The lowest BCUT2D eigenvalue weighted by atomic mass is 10.1. The van der Waals surface area contributed by atoms with Gasteiger partial charge < -0.3 is 11.1 Å². The average Bonchev–Trinajstić information content (AvgIpc) is 2.81. The minimum Gasteiger partial charge on any atom is -0.389 e. The molecular weight excluding hydrogens is 272 g/mol. The largest absolute Gasteiger partial charge is 0.389 e. The zero-order chi connectivity index (χ0) is 11.0. The van der Waals surface area contributed by atoms with Crippen LogP contribution in [0, 0.1) is 5.92 Å². The Kier molecular flexibility index (Phi) is 2.98. The molecule has 0 spiro atoms. The van der Waals surface area contributed by atoms with Gasteiger partial charge in [0.2, 0.25) is 0 Å². The van der Waals surface area contributed by atoms with Crippen molar-refractivity contribution >= 4 is 38.8 Å². The molecule has 3 N–H and O–H groups in total. The van der Waals surface area contributed by atoms with E-state index in [9.17, 15) is 0 Å². The third kappa shape index (κ3) is 2.32. The van der Waals surface area contributed by atoms with E-state index < -0.39 is 0 Å². The molecular formula is C11H13BrN2S. The molecule has 0 radical (unpaired) electrons. The maximum Gasteiger partial charge on any atom is 0.107 e. The second-order valence-corrected chi connectivity index (χ2v) is 5.28. The van der Waals surface area contributed by atoms with Crippen molar-refractivity contribution in [3.8, 4) is 0 Å². The highest BCUT2D eigenvalue weighted by atomic mass is 79.9. The summed E-state index contributed by atoms with van der Waals surface area (Å²) in [6.07, 6.45) is 1.23. The minimum absolute atomic E-state index is 0.429. The third-order valence-electron chi connectivity index (χ3n) is 2.71. The van der Waals surface area contributed by atoms with Crippen molar-refractivity contribution in [2.75, 3.05) is 5.32 Å². The molecule has 4 heteroatoms. The molecule has 0 bridgehead atoms. The van der Waals surface area contributed by atoms with E-state index in [2.05, 4.69) is 28.2 Å². The zero-order valence-electron chi connectivity index (χ0n) is 8.46. The Bertz CT molecular complexity index is 406. The number of benzene rings is 1. The van der Waals surface area contributed by atoms with Crippen molar-refractivity contribution in [3.63, 3.8) is 0 Å². The van der Waals surface area contributed by atoms with Crippen LogP contribution in [0.5, 0.6) is 0 Å². The summed E-state index contributed by atoms with van der Waals surface area (Å²) in [5.74, 6) is 0.753. The van der Waals surface area contributed by atoms with E-state index >= 15 is 0 Å². The van der Waals surface area contributed by atoms with Gasteiger partial charge in [0.25, 0.3) is 0 Å². The fourth-order valence-electron chi connectivity index (χ4n) is 1.62. The van der Waals surface area contributed by atoms with Crippen LogP contribution in [0.25, 0.3) is 0 Å². The van der Waals surface area contributed by atoms with E-state index in [4.69, 9.17) is 18.0 Å². The summed E-state index contributed by atoms with van der Waals surface area (Å²) in [6, 6.07) is 6.54. The summed E-state index contributed by atoms with van der Waals surface area (Å²) in [7, 11) is 0. The highest BCUT2D eigenvalue weighted by Crippen LogP contribution is 2.35. The van der Waals surface area contributed by atoms with E-state index in [0.717, 1.165) is 21.6 Å². The van der Waals surface area contributed by atoms with Crippen LogP contribution < -0.4 is 11.1 Å². The lowest BCUT2D eigenvalue weighted by Gasteiger charge is -2.12. The SMILES string of the molecule is CC1CC1Nc1cccc(Br)c1C(N)=S. The molecule has 1 aromatic carbocycles. The Labute approximate surface area is 103 Å². The van der Waals surface area contributed by atoms with Crippen LogP contribution in [0.2, 0.25) is 0 Å². The van der Waals surface area contributed by atoms with Gasteiger partial charge in [0, 0.05) is 21.8 Å². The Hall–Kier alpha value is -0.610. The normalized spacial score (nSPS) is 23.6. The van der Waals surface area contributed by atoms with Gasteiger partial charge in [-0.2, -0.15) is 0 Å². The number of hydrogen-bond acceptors (Lipinski definition) is 2. The molecule has 1 aliphatic carbocycles. The zero-order valence-corrected chi connectivity index (χ0v) is 10.9. The molecule has 0 saturated heterocycles. The molecule has 2 rings (SSSR count). The van der Waals surface area contributed by atoms with Crippen molar-refractivity contribution < 1.29 is 0 Å². The van der Waals surface area contributed by atoms with Gasteiger partial charge in [-0.25, -0.2) is 0 Å². The van der Waals surface area contributed by atoms with Gasteiger partial charge in [0.15, 0.2) is 0 Å². The standard InChI is InChI=1S/C11H13BrN2S/c1-6-5-9(6)14-8-4-2-3-7(12)10(8)11(13)15/h2-4,6,9,14H,5H2,1H3,(H2,13,15). The van der Waals surface area contributed by atoms with Crippen LogP contribution in [0.1, 0.15) is 18.9 Å². The Morgan fingerprint density at radius 1 is 1.60 bits per heavy atom. The summed E-state index contributed by atoms with van der Waals surface area (Å²) >= 11 is 8.51. The van der Waals surface area contributed by atoms with Gasteiger partial charge in [-0.1, -0.05) is 25.2 Å². The second-order valence-electron chi connectivity index (χ2n) is 3.99. The van der Waals surface area contributed by atoms with Crippen molar-refractivity contribution in [3.05, 3.63) is 28.2 Å². The fraction of sp³-hybridized carbons (Fsp3) is 0.364. The average molecular weight is 285 g/mol. The Balaban J connectivity index is 2.29. The van der Waals surface area contributed by atoms with E-state index in [1.54, 1.807) is 0 Å². The monoisotopic (exact) mass is 284 g/mol. The lowest BCUT2D eigenvalue weighted by Crippen LogP contribution is -2.15. The second kappa shape index (κ2) is 4.10. The van der Waals surface area contributed by atoms with E-state index in [0.29, 0.717) is 11.0 Å². The van der Waals surface area contributed by atoms with E-state index in [-0.39, 0.29) is 0 Å². The summed E-state index contributed by atoms with van der Waals surface area (Å²) in [5.41, 5.74) is 7.65. The molecule has 1 aliphatic rings. The lowest BCUT2D eigenvalue weighted by molar-refractivity contribution is 0.929. The number of nitrogens with one attached hydrogen (secondary N) is 1. The van der Waals surface area contributed by atoms with Gasteiger partial charge >= 0.3 is 0 Å². The summed E-state index contributed by atoms with van der Waals surface area (Å²) in [4.78, 5) is 0.429. The number of thiocarbonyl (C=S) groups is 1. The van der Waals surface area contributed by atoms with Crippen LogP contribution in [0.15, 0.2) is 22.7 Å². The van der Waals surface area contributed by atoms with Crippen LogP contribution in [0.3, 0.4) is 0 Å². The Morgan fingerprint density at radius 2 is 2.27 bits per heavy atom. The smallest absolute Gasteiger partial charge is 0.107 e. The molecule has 2 nitrogen and oxygen atoms in total. The van der Waals surface area contributed by atoms with Crippen LogP contribution >= 0.6 is 28.1 Å². The molecule has 0 heterocycles. The first-order chi connectivity index (χ1) is 7.09. The molecule has 2 unspecified atom stereocenters. The molecule has 15 heavy (non-hydrogen) atoms. The van der Waals surface area contributed by atoms with Crippen molar-refractivity contribution in [2.24, 2.45) is 11.7 Å². The summed E-state index contributed by atoms with van der Waals surface area (Å²) in [5, 5.41) is 3.46. The number of anilines is 1. The summed E-state index contributed by atoms with van der Waals surface area (Å²) < 4.78 is 0.952. The fourth-order valence-corrected chi connectivity index (χ4v) is 2.55. The first-order valence-corrected chi connectivity index (χ1v) is 6.14.